The van der Waals surface area contributed by atoms with Gasteiger partial charge in [-0.05, 0) is 6.92 Å². The van der Waals surface area contributed by atoms with Gasteiger partial charge in [0.25, 0.3) is 0 Å². The van der Waals surface area contributed by atoms with Crippen molar-refractivity contribution in [2.75, 3.05) is 65.5 Å². The van der Waals surface area contributed by atoms with E-state index in [9.17, 15) is 13.2 Å². The fraction of sp³-hybridized carbons (Fsp3) is 0.737. The Kier molecular flexibility index (Phi) is 10.5. The predicted molar refractivity (Wildman–Crippen MR) is 114 cm³/mol. The van der Waals surface area contributed by atoms with Gasteiger partial charge in [-0.25, -0.2) is 13.1 Å². The molecule has 1 aromatic rings. The second-order valence-corrected chi connectivity index (χ2v) is 9.82. The Morgan fingerprint density at radius 2 is 1.77 bits per heavy atom. The van der Waals surface area contributed by atoms with Crippen LogP contribution in [0.5, 0.6) is 0 Å². The van der Waals surface area contributed by atoms with E-state index in [0.29, 0.717) is 77.9 Å². The molecule has 1 fully saturated rings. The van der Waals surface area contributed by atoms with E-state index in [2.05, 4.69) is 22.2 Å². The number of nitrogens with one attached hydrogen (secondary N) is 1. The van der Waals surface area contributed by atoms with Crippen LogP contribution in [0.1, 0.15) is 12.6 Å². The summed E-state index contributed by atoms with van der Waals surface area (Å²) < 4.78 is 40.9. The standard InChI is InChI=1S/C19H33N5O6S/c1-16(2)19(25)20-4-6-28-8-10-30-11-9-29-7-5-24-13-17(21-22-24)12-23-14-18(15-23)31(3,26)27/h13,18H,1,4-12,14-15H2,2-3H3,(H,20,25). The van der Waals surface area contributed by atoms with Gasteiger partial charge in [-0.15, -0.1) is 5.10 Å². The predicted octanol–water partition coefficient (Wildman–Crippen LogP) is -0.751. The molecule has 0 unspecified atom stereocenters. The summed E-state index contributed by atoms with van der Waals surface area (Å²) in [5, 5.41) is 10.6. The molecule has 1 aliphatic heterocycles. The molecule has 0 aromatic carbocycles. The number of aromatic nitrogens is 3. The number of rotatable bonds is 16. The minimum absolute atomic E-state index is 0.169. The van der Waals surface area contributed by atoms with Gasteiger partial charge in [-0.3, -0.25) is 9.69 Å². The molecule has 0 spiro atoms. The summed E-state index contributed by atoms with van der Waals surface area (Å²) in [6, 6.07) is 0. The third-order valence-electron chi connectivity index (χ3n) is 4.63. The van der Waals surface area contributed by atoms with Crippen molar-refractivity contribution in [3.05, 3.63) is 24.0 Å². The lowest BCUT2D eigenvalue weighted by molar-refractivity contribution is -0.117. The van der Waals surface area contributed by atoms with Gasteiger partial charge in [0.2, 0.25) is 5.91 Å². The third kappa shape index (κ3) is 9.87. The van der Waals surface area contributed by atoms with Crippen molar-refractivity contribution >= 4 is 15.7 Å². The van der Waals surface area contributed by atoms with Crippen molar-refractivity contribution in [1.29, 1.82) is 0 Å². The van der Waals surface area contributed by atoms with Crippen LogP contribution in [-0.4, -0.2) is 105 Å². The van der Waals surface area contributed by atoms with E-state index < -0.39 is 9.84 Å². The average molecular weight is 460 g/mol. The number of hydrogen-bond acceptors (Lipinski definition) is 9. The lowest BCUT2D eigenvalue weighted by Crippen LogP contribution is -2.53. The first-order valence-electron chi connectivity index (χ1n) is 10.2. The molecule has 1 amide bonds. The number of hydrogen-bond donors (Lipinski definition) is 1. The molecule has 0 bridgehead atoms. The van der Waals surface area contributed by atoms with Gasteiger partial charge in [0.15, 0.2) is 9.84 Å². The number of carbonyl (C=O) groups excluding carboxylic acids is 1. The molecule has 0 aliphatic carbocycles. The summed E-state index contributed by atoms with van der Waals surface area (Å²) in [6.07, 6.45) is 3.13. The van der Waals surface area contributed by atoms with E-state index in [0.717, 1.165) is 5.69 Å². The second-order valence-electron chi connectivity index (χ2n) is 7.49. The maximum Gasteiger partial charge on any atom is 0.246 e. The van der Waals surface area contributed by atoms with E-state index in [1.807, 2.05) is 11.1 Å². The highest BCUT2D eigenvalue weighted by Gasteiger charge is 2.34. The Labute approximate surface area is 183 Å². The van der Waals surface area contributed by atoms with Crippen molar-refractivity contribution in [1.82, 2.24) is 25.2 Å². The molecule has 176 valence electrons. The maximum atomic E-state index is 11.4. The number of carbonyl (C=O) groups is 1. The van der Waals surface area contributed by atoms with Gasteiger partial charge in [0.05, 0.1) is 57.1 Å². The molecule has 1 aliphatic rings. The van der Waals surface area contributed by atoms with Crippen molar-refractivity contribution in [2.24, 2.45) is 0 Å². The average Bonchev–Trinajstić information content (AvgIpc) is 3.11. The summed E-state index contributed by atoms with van der Waals surface area (Å²) in [4.78, 5) is 13.3. The van der Waals surface area contributed by atoms with E-state index in [1.165, 1.54) is 6.26 Å². The highest BCUT2D eigenvalue weighted by atomic mass is 32.2. The molecule has 2 heterocycles. The first kappa shape index (κ1) is 25.4. The van der Waals surface area contributed by atoms with Crippen molar-refractivity contribution in [2.45, 2.75) is 25.3 Å². The summed E-state index contributed by atoms with van der Waals surface area (Å²) in [5.41, 5.74) is 1.29. The zero-order chi connectivity index (χ0) is 22.7. The van der Waals surface area contributed by atoms with Crippen LogP contribution in [0.25, 0.3) is 0 Å². The molecule has 12 heteroatoms. The Morgan fingerprint density at radius 1 is 1.16 bits per heavy atom. The zero-order valence-corrected chi connectivity index (χ0v) is 19.1. The number of amides is 1. The van der Waals surface area contributed by atoms with Gasteiger partial charge in [0.1, 0.15) is 0 Å². The summed E-state index contributed by atoms with van der Waals surface area (Å²) >= 11 is 0. The lowest BCUT2D eigenvalue weighted by atomic mass is 10.2. The molecule has 1 saturated heterocycles. The van der Waals surface area contributed by atoms with Crippen LogP contribution in [0.4, 0.5) is 0 Å². The topological polar surface area (TPSA) is 125 Å². The highest BCUT2D eigenvalue weighted by Crippen LogP contribution is 2.17. The molecule has 2 rings (SSSR count). The summed E-state index contributed by atoms with van der Waals surface area (Å²) in [7, 11) is -2.95. The molecule has 1 aromatic heterocycles. The second kappa shape index (κ2) is 12.9. The maximum absolute atomic E-state index is 11.4. The van der Waals surface area contributed by atoms with Gasteiger partial charge in [0, 0.05) is 44.2 Å². The number of ether oxygens (including phenoxy) is 3. The van der Waals surface area contributed by atoms with Crippen LogP contribution in [0, 0.1) is 0 Å². The minimum Gasteiger partial charge on any atom is -0.377 e. The Bertz CT molecular complexity index is 806. The molecular weight excluding hydrogens is 426 g/mol. The van der Waals surface area contributed by atoms with Gasteiger partial charge in [-0.1, -0.05) is 11.8 Å². The number of sulfone groups is 1. The first-order chi connectivity index (χ1) is 14.8. The number of nitrogens with zero attached hydrogens (tertiary/aromatic N) is 4. The highest BCUT2D eigenvalue weighted by molar-refractivity contribution is 7.91. The summed E-state index contributed by atoms with van der Waals surface area (Å²) in [6.45, 7) is 10.7. The van der Waals surface area contributed by atoms with Gasteiger partial charge in [-0.2, -0.15) is 0 Å². The molecule has 0 saturated carbocycles. The van der Waals surface area contributed by atoms with Gasteiger partial charge < -0.3 is 19.5 Å². The third-order valence-corrected chi connectivity index (χ3v) is 6.14. The van der Waals surface area contributed by atoms with Crippen LogP contribution in [0.2, 0.25) is 0 Å². The molecule has 0 radical (unpaired) electrons. The van der Waals surface area contributed by atoms with Crippen molar-refractivity contribution in [3.63, 3.8) is 0 Å². The Balaban J connectivity index is 1.40. The van der Waals surface area contributed by atoms with E-state index in [1.54, 1.807) is 11.6 Å². The van der Waals surface area contributed by atoms with Crippen molar-refractivity contribution in [3.8, 4) is 0 Å². The molecule has 0 atom stereocenters. The molecule has 31 heavy (non-hydrogen) atoms. The fourth-order valence-electron chi connectivity index (χ4n) is 2.76. The van der Waals surface area contributed by atoms with Crippen LogP contribution in [0.15, 0.2) is 18.3 Å². The van der Waals surface area contributed by atoms with Crippen molar-refractivity contribution < 1.29 is 27.4 Å². The molecule has 11 nitrogen and oxygen atoms in total. The van der Waals surface area contributed by atoms with E-state index in [-0.39, 0.29) is 11.2 Å². The zero-order valence-electron chi connectivity index (χ0n) is 18.3. The minimum atomic E-state index is -2.95. The molecular formula is C19H33N5O6S. The van der Waals surface area contributed by atoms with E-state index in [4.69, 9.17) is 14.2 Å². The monoisotopic (exact) mass is 459 g/mol. The SMILES string of the molecule is C=C(C)C(=O)NCCOCCOCCOCCn1cc(CN2CC(S(C)(=O)=O)C2)nn1. The smallest absolute Gasteiger partial charge is 0.246 e. The fourth-order valence-corrected chi connectivity index (χ4v) is 3.72. The van der Waals surface area contributed by atoms with Crippen LogP contribution in [0.3, 0.4) is 0 Å². The normalized spacial score (nSPS) is 15.0. The van der Waals surface area contributed by atoms with Crippen LogP contribution in [-0.2, 0) is 41.9 Å². The first-order valence-corrected chi connectivity index (χ1v) is 12.2. The van der Waals surface area contributed by atoms with Gasteiger partial charge >= 0.3 is 0 Å². The van der Waals surface area contributed by atoms with Crippen LogP contribution < -0.4 is 5.32 Å². The quantitative estimate of drug-likeness (QED) is 0.251. The Morgan fingerprint density at radius 3 is 2.39 bits per heavy atom. The van der Waals surface area contributed by atoms with Crippen LogP contribution >= 0.6 is 0 Å². The van der Waals surface area contributed by atoms with E-state index >= 15 is 0 Å². The lowest BCUT2D eigenvalue weighted by Gasteiger charge is -2.37. The summed E-state index contributed by atoms with van der Waals surface area (Å²) in [5.74, 6) is -0.169. The Hall–Kier alpha value is -1.86. The largest absolute Gasteiger partial charge is 0.377 e. The molecule has 1 N–H and O–H groups in total. The number of likely N-dealkylation sites (tertiary alicyclic amines) is 1.